The van der Waals surface area contributed by atoms with E-state index in [1.807, 2.05) is 18.2 Å². The van der Waals surface area contributed by atoms with Gasteiger partial charge in [0.15, 0.2) is 0 Å². The van der Waals surface area contributed by atoms with Gasteiger partial charge < -0.3 is 9.47 Å². The van der Waals surface area contributed by atoms with Crippen LogP contribution in [0.3, 0.4) is 0 Å². The fourth-order valence-corrected chi connectivity index (χ4v) is 2.41. The van der Waals surface area contributed by atoms with Gasteiger partial charge in [-0.3, -0.25) is 0 Å². The molecule has 0 unspecified atom stereocenters. The number of ether oxygens (including phenoxy) is 2. The summed E-state index contributed by atoms with van der Waals surface area (Å²) in [5, 5.41) is 0. The van der Waals surface area contributed by atoms with Crippen molar-refractivity contribution in [2.45, 2.75) is 46.3 Å². The minimum atomic E-state index is -0.244. The fraction of sp³-hybridized carbons (Fsp3) is 0.588. The second-order valence-electron chi connectivity index (χ2n) is 6.53. The van der Waals surface area contributed by atoms with Crippen LogP contribution in [0.15, 0.2) is 30.3 Å². The summed E-state index contributed by atoms with van der Waals surface area (Å²) in [6.45, 7) is 9.24. The van der Waals surface area contributed by atoms with E-state index in [0.717, 1.165) is 13.0 Å². The molecule has 0 aromatic heterocycles. The summed E-state index contributed by atoms with van der Waals surface area (Å²) in [5.41, 5.74) is 0.495. The molecule has 1 aliphatic carbocycles. The van der Waals surface area contributed by atoms with Gasteiger partial charge in [-0.25, -0.2) is 4.79 Å². The average Bonchev–Trinajstić information content (AvgIpc) is 2.42. The summed E-state index contributed by atoms with van der Waals surface area (Å²) in [7, 11) is 0. The number of carbonyl (C=O) groups is 1. The molecule has 2 atom stereocenters. The van der Waals surface area contributed by atoms with Crippen molar-refractivity contribution in [1.82, 2.24) is 0 Å². The van der Waals surface area contributed by atoms with Crippen LogP contribution in [0.1, 0.15) is 44.5 Å². The third-order valence-electron chi connectivity index (χ3n) is 3.98. The van der Waals surface area contributed by atoms with Crippen molar-refractivity contribution in [2.75, 3.05) is 6.61 Å². The van der Waals surface area contributed by atoms with Gasteiger partial charge in [0.2, 0.25) is 0 Å². The number of hydrogen-bond acceptors (Lipinski definition) is 3. The maximum absolute atomic E-state index is 12.0. The largest absolute Gasteiger partial charge is 0.458 e. The van der Waals surface area contributed by atoms with Crippen LogP contribution < -0.4 is 0 Å². The van der Waals surface area contributed by atoms with Crippen LogP contribution in [-0.4, -0.2) is 24.8 Å². The summed E-state index contributed by atoms with van der Waals surface area (Å²) in [6.07, 6.45) is 0.906. The molecule has 0 spiro atoms. The molecule has 0 amide bonds. The highest BCUT2D eigenvalue weighted by atomic mass is 16.6. The molecule has 0 bridgehead atoms. The Hall–Kier alpha value is -1.35. The first-order chi connectivity index (χ1) is 9.41. The van der Waals surface area contributed by atoms with Gasteiger partial charge in [-0.15, -0.1) is 0 Å². The van der Waals surface area contributed by atoms with Crippen LogP contribution in [-0.2, 0) is 9.47 Å². The summed E-state index contributed by atoms with van der Waals surface area (Å²) in [4.78, 5) is 12.0. The number of benzene rings is 1. The van der Waals surface area contributed by atoms with Crippen molar-refractivity contribution in [3.63, 3.8) is 0 Å². The minimum absolute atomic E-state index is 0.0626. The average molecular weight is 276 g/mol. The highest BCUT2D eigenvalue weighted by molar-refractivity contribution is 5.89. The second kappa shape index (κ2) is 5.96. The topological polar surface area (TPSA) is 35.5 Å². The Morgan fingerprint density at radius 1 is 1.25 bits per heavy atom. The summed E-state index contributed by atoms with van der Waals surface area (Å²) < 4.78 is 11.5. The molecule has 20 heavy (non-hydrogen) atoms. The minimum Gasteiger partial charge on any atom is -0.458 e. The van der Waals surface area contributed by atoms with Gasteiger partial charge in [-0.05, 0) is 18.1 Å². The predicted octanol–water partition coefficient (Wildman–Crippen LogP) is 3.68. The maximum Gasteiger partial charge on any atom is 0.338 e. The summed E-state index contributed by atoms with van der Waals surface area (Å²) in [5.74, 6) is 0.280. The fourth-order valence-electron chi connectivity index (χ4n) is 2.41. The van der Waals surface area contributed by atoms with Gasteiger partial charge in [0.25, 0.3) is 0 Å². The molecule has 1 aromatic carbocycles. The Labute approximate surface area is 121 Å². The zero-order valence-corrected chi connectivity index (χ0v) is 12.8. The molecule has 0 saturated heterocycles. The molecule has 3 nitrogen and oxygen atoms in total. The van der Waals surface area contributed by atoms with Gasteiger partial charge >= 0.3 is 5.97 Å². The predicted molar refractivity (Wildman–Crippen MR) is 78.6 cm³/mol. The Morgan fingerprint density at radius 2 is 1.90 bits per heavy atom. The molecule has 1 saturated carbocycles. The Kier molecular flexibility index (Phi) is 4.48. The molecule has 3 heteroatoms. The molecule has 1 fully saturated rings. The lowest BCUT2D eigenvalue weighted by molar-refractivity contribution is -0.180. The molecule has 0 N–H and O–H groups in total. The number of hydrogen-bond donors (Lipinski definition) is 0. The van der Waals surface area contributed by atoms with Crippen LogP contribution >= 0.6 is 0 Å². The first-order valence-electron chi connectivity index (χ1n) is 7.29. The van der Waals surface area contributed by atoms with Crippen LogP contribution in [0.4, 0.5) is 0 Å². The van der Waals surface area contributed by atoms with Crippen LogP contribution in [0.2, 0.25) is 0 Å². The molecule has 1 aliphatic rings. The standard InChI is InChI=1S/C17H24O3/c1-12(2)11-19-14-10-15(17(14,3)4)20-16(18)13-8-6-5-7-9-13/h5-9,12,14-15H,10-11H2,1-4H3/t14-,15-/m0/s1. The third-order valence-corrected chi connectivity index (χ3v) is 3.98. The number of carbonyl (C=O) groups excluding carboxylic acids is 1. The Bertz CT molecular complexity index is 451. The van der Waals surface area contributed by atoms with Crippen molar-refractivity contribution >= 4 is 5.97 Å². The van der Waals surface area contributed by atoms with E-state index in [0.29, 0.717) is 11.5 Å². The molecule has 0 aliphatic heterocycles. The zero-order chi connectivity index (χ0) is 14.8. The second-order valence-corrected chi connectivity index (χ2v) is 6.53. The lowest BCUT2D eigenvalue weighted by Crippen LogP contribution is -2.56. The van der Waals surface area contributed by atoms with E-state index in [1.165, 1.54) is 0 Å². The number of rotatable bonds is 5. The van der Waals surface area contributed by atoms with Gasteiger partial charge in [-0.2, -0.15) is 0 Å². The van der Waals surface area contributed by atoms with Crippen molar-refractivity contribution in [1.29, 1.82) is 0 Å². The quantitative estimate of drug-likeness (QED) is 0.770. The lowest BCUT2D eigenvalue weighted by Gasteiger charge is -2.50. The van der Waals surface area contributed by atoms with Gasteiger partial charge in [0, 0.05) is 18.4 Å². The lowest BCUT2D eigenvalue weighted by atomic mass is 9.66. The normalized spacial score (nSPS) is 24.2. The highest BCUT2D eigenvalue weighted by Crippen LogP contribution is 2.45. The molecule has 0 heterocycles. The first-order valence-corrected chi connectivity index (χ1v) is 7.29. The molecule has 2 rings (SSSR count). The van der Waals surface area contributed by atoms with Crippen LogP contribution in [0, 0.1) is 11.3 Å². The van der Waals surface area contributed by atoms with Crippen molar-refractivity contribution < 1.29 is 14.3 Å². The van der Waals surface area contributed by atoms with E-state index in [2.05, 4.69) is 27.7 Å². The van der Waals surface area contributed by atoms with E-state index < -0.39 is 0 Å². The Balaban J connectivity index is 1.88. The highest BCUT2D eigenvalue weighted by Gasteiger charge is 2.51. The van der Waals surface area contributed by atoms with E-state index in [-0.39, 0.29) is 23.6 Å². The first kappa shape index (κ1) is 15.0. The van der Waals surface area contributed by atoms with Crippen molar-refractivity contribution in [2.24, 2.45) is 11.3 Å². The monoisotopic (exact) mass is 276 g/mol. The van der Waals surface area contributed by atoms with Crippen molar-refractivity contribution in [3.8, 4) is 0 Å². The van der Waals surface area contributed by atoms with Crippen LogP contribution in [0.5, 0.6) is 0 Å². The maximum atomic E-state index is 12.0. The van der Waals surface area contributed by atoms with Crippen LogP contribution in [0.25, 0.3) is 0 Å². The summed E-state index contributed by atoms with van der Waals surface area (Å²) in [6, 6.07) is 9.13. The molecule has 1 aromatic rings. The molecular formula is C17H24O3. The van der Waals surface area contributed by atoms with Gasteiger partial charge in [0.05, 0.1) is 11.7 Å². The van der Waals surface area contributed by atoms with Gasteiger partial charge in [-0.1, -0.05) is 45.9 Å². The summed E-state index contributed by atoms with van der Waals surface area (Å²) >= 11 is 0. The van der Waals surface area contributed by atoms with E-state index in [1.54, 1.807) is 12.1 Å². The van der Waals surface area contributed by atoms with E-state index in [9.17, 15) is 4.79 Å². The zero-order valence-electron chi connectivity index (χ0n) is 12.8. The van der Waals surface area contributed by atoms with E-state index >= 15 is 0 Å². The molecule has 0 radical (unpaired) electrons. The molecular weight excluding hydrogens is 252 g/mol. The smallest absolute Gasteiger partial charge is 0.338 e. The van der Waals surface area contributed by atoms with E-state index in [4.69, 9.17) is 9.47 Å². The number of esters is 1. The third kappa shape index (κ3) is 3.21. The SMILES string of the molecule is CC(C)CO[C@H]1C[C@H](OC(=O)c2ccccc2)C1(C)C. The van der Waals surface area contributed by atoms with Crippen molar-refractivity contribution in [3.05, 3.63) is 35.9 Å². The Morgan fingerprint density at radius 3 is 2.45 bits per heavy atom. The molecule has 110 valence electrons. The van der Waals surface area contributed by atoms with Gasteiger partial charge in [0.1, 0.15) is 6.10 Å².